The molecule has 2 aromatic rings. The van der Waals surface area contributed by atoms with Gasteiger partial charge in [-0.05, 0) is 6.42 Å². The van der Waals surface area contributed by atoms with Gasteiger partial charge in [-0.1, -0.05) is 30.3 Å². The Kier molecular flexibility index (Phi) is 4.80. The number of aromatic amines is 1. The number of carbonyl (C=O) groups excluding carboxylic acids is 1. The van der Waals surface area contributed by atoms with Gasteiger partial charge in [0.25, 0.3) is 0 Å². The molecule has 1 aliphatic rings. The maximum Gasteiger partial charge on any atom is 0.233 e. The standard InChI is InChI=1S/C16H19N3O2S/c1-21-9-5-8-19-14(20)11-22-16(19)13-10-17-15(18-13)12-6-3-2-4-7-12/h2-4,6-7,10,16H,5,8-9,11H2,1H3,(H,17,18). The zero-order chi connectivity index (χ0) is 15.4. The third-order valence-corrected chi connectivity index (χ3v) is 4.86. The number of ether oxygens (including phenoxy) is 1. The Labute approximate surface area is 134 Å². The molecule has 0 radical (unpaired) electrons. The van der Waals surface area contributed by atoms with E-state index in [1.54, 1.807) is 18.9 Å². The third kappa shape index (κ3) is 3.18. The summed E-state index contributed by atoms with van der Waals surface area (Å²) in [7, 11) is 1.68. The van der Waals surface area contributed by atoms with Crippen molar-refractivity contribution in [2.24, 2.45) is 0 Å². The summed E-state index contributed by atoms with van der Waals surface area (Å²) >= 11 is 1.64. The van der Waals surface area contributed by atoms with E-state index in [0.717, 1.165) is 23.5 Å². The molecule has 6 heteroatoms. The number of aromatic nitrogens is 2. The Balaban J connectivity index is 1.75. The van der Waals surface area contributed by atoms with Crippen LogP contribution in [0.4, 0.5) is 0 Å². The van der Waals surface area contributed by atoms with Gasteiger partial charge in [0, 0.05) is 25.8 Å². The van der Waals surface area contributed by atoms with Crippen LogP contribution in [0.3, 0.4) is 0 Å². The lowest BCUT2D eigenvalue weighted by atomic mass is 10.2. The third-order valence-electron chi connectivity index (χ3n) is 3.62. The molecule has 3 rings (SSSR count). The van der Waals surface area contributed by atoms with Crippen LogP contribution in [-0.2, 0) is 9.53 Å². The highest BCUT2D eigenvalue weighted by atomic mass is 32.2. The fourth-order valence-corrected chi connectivity index (χ4v) is 3.70. The molecular weight excluding hydrogens is 298 g/mol. The van der Waals surface area contributed by atoms with E-state index >= 15 is 0 Å². The van der Waals surface area contributed by atoms with Crippen LogP contribution in [0.25, 0.3) is 11.4 Å². The lowest BCUT2D eigenvalue weighted by Gasteiger charge is -2.22. The number of amides is 1. The van der Waals surface area contributed by atoms with Gasteiger partial charge >= 0.3 is 0 Å². The first-order valence-electron chi connectivity index (χ1n) is 7.30. The molecule has 0 spiro atoms. The first kappa shape index (κ1) is 15.1. The van der Waals surface area contributed by atoms with E-state index in [9.17, 15) is 4.79 Å². The van der Waals surface area contributed by atoms with Gasteiger partial charge in [0.2, 0.25) is 5.91 Å². The molecule has 1 aromatic heterocycles. The second-order valence-electron chi connectivity index (χ2n) is 5.15. The largest absolute Gasteiger partial charge is 0.385 e. The fourth-order valence-electron chi connectivity index (χ4n) is 2.54. The van der Waals surface area contributed by atoms with Crippen LogP contribution in [0.2, 0.25) is 0 Å². The summed E-state index contributed by atoms with van der Waals surface area (Å²) in [5.41, 5.74) is 2.03. The van der Waals surface area contributed by atoms with Crippen molar-refractivity contribution in [3.63, 3.8) is 0 Å². The van der Waals surface area contributed by atoms with Crippen LogP contribution in [0.1, 0.15) is 17.5 Å². The number of hydrogen-bond acceptors (Lipinski definition) is 4. The molecule has 1 atom stereocenters. The van der Waals surface area contributed by atoms with Crippen molar-refractivity contribution in [2.75, 3.05) is 26.0 Å². The van der Waals surface area contributed by atoms with Crippen LogP contribution >= 0.6 is 11.8 Å². The van der Waals surface area contributed by atoms with E-state index in [1.165, 1.54) is 0 Å². The highest BCUT2D eigenvalue weighted by Crippen LogP contribution is 2.38. The molecule has 1 aliphatic heterocycles. The maximum atomic E-state index is 12.1. The molecule has 1 fully saturated rings. The predicted molar refractivity (Wildman–Crippen MR) is 87.4 cm³/mol. The van der Waals surface area contributed by atoms with Crippen molar-refractivity contribution in [2.45, 2.75) is 11.8 Å². The average molecular weight is 317 g/mol. The minimum Gasteiger partial charge on any atom is -0.385 e. The molecule has 2 heterocycles. The van der Waals surface area contributed by atoms with Gasteiger partial charge in [-0.15, -0.1) is 11.8 Å². The molecule has 1 N–H and O–H groups in total. The quantitative estimate of drug-likeness (QED) is 0.832. The molecule has 1 aromatic carbocycles. The van der Waals surface area contributed by atoms with Crippen molar-refractivity contribution in [3.05, 3.63) is 42.2 Å². The summed E-state index contributed by atoms with van der Waals surface area (Å²) in [6.45, 7) is 1.38. The summed E-state index contributed by atoms with van der Waals surface area (Å²) in [6.07, 6.45) is 2.68. The van der Waals surface area contributed by atoms with Crippen LogP contribution in [0.15, 0.2) is 36.5 Å². The normalized spacial score (nSPS) is 18.1. The van der Waals surface area contributed by atoms with E-state index in [1.807, 2.05) is 41.4 Å². The Morgan fingerprint density at radius 2 is 2.23 bits per heavy atom. The molecule has 0 bridgehead atoms. The fraction of sp³-hybridized carbons (Fsp3) is 0.375. The number of nitrogens with zero attached hydrogens (tertiary/aromatic N) is 2. The van der Waals surface area contributed by atoms with Gasteiger partial charge in [0.1, 0.15) is 11.2 Å². The van der Waals surface area contributed by atoms with Gasteiger partial charge in [0.15, 0.2) is 0 Å². The van der Waals surface area contributed by atoms with E-state index in [0.29, 0.717) is 18.9 Å². The zero-order valence-corrected chi connectivity index (χ0v) is 13.3. The number of benzene rings is 1. The molecule has 0 aliphatic carbocycles. The highest BCUT2D eigenvalue weighted by Gasteiger charge is 2.33. The van der Waals surface area contributed by atoms with Crippen LogP contribution < -0.4 is 0 Å². The van der Waals surface area contributed by atoms with Gasteiger partial charge < -0.3 is 14.6 Å². The van der Waals surface area contributed by atoms with Crippen molar-refractivity contribution < 1.29 is 9.53 Å². The lowest BCUT2D eigenvalue weighted by Crippen LogP contribution is -2.30. The number of thioether (sulfide) groups is 1. The lowest BCUT2D eigenvalue weighted by molar-refractivity contribution is -0.128. The Morgan fingerprint density at radius 3 is 3.00 bits per heavy atom. The summed E-state index contributed by atoms with van der Waals surface area (Å²) < 4.78 is 5.07. The van der Waals surface area contributed by atoms with Crippen LogP contribution in [0.5, 0.6) is 0 Å². The van der Waals surface area contributed by atoms with Crippen molar-refractivity contribution in [1.82, 2.24) is 14.9 Å². The maximum absolute atomic E-state index is 12.1. The van der Waals surface area contributed by atoms with Crippen LogP contribution in [-0.4, -0.2) is 46.8 Å². The minimum atomic E-state index is 0.0225. The topological polar surface area (TPSA) is 58.2 Å². The second kappa shape index (κ2) is 6.98. The summed E-state index contributed by atoms with van der Waals surface area (Å²) in [4.78, 5) is 21.8. The Morgan fingerprint density at radius 1 is 1.41 bits per heavy atom. The molecular formula is C16H19N3O2S. The van der Waals surface area contributed by atoms with Crippen molar-refractivity contribution >= 4 is 17.7 Å². The van der Waals surface area contributed by atoms with E-state index in [-0.39, 0.29) is 11.3 Å². The second-order valence-corrected chi connectivity index (χ2v) is 6.22. The minimum absolute atomic E-state index is 0.0225. The number of rotatable bonds is 6. The number of hydrogen-bond donors (Lipinski definition) is 1. The summed E-state index contributed by atoms with van der Waals surface area (Å²) in [5, 5.41) is 0.0225. The highest BCUT2D eigenvalue weighted by molar-refractivity contribution is 8.00. The zero-order valence-electron chi connectivity index (χ0n) is 12.5. The monoisotopic (exact) mass is 317 g/mol. The van der Waals surface area contributed by atoms with E-state index < -0.39 is 0 Å². The molecule has 1 amide bonds. The summed E-state index contributed by atoms with van der Waals surface area (Å²) in [6, 6.07) is 10.00. The Bertz CT molecular complexity index is 629. The molecule has 5 nitrogen and oxygen atoms in total. The molecule has 1 saturated heterocycles. The molecule has 1 unspecified atom stereocenters. The van der Waals surface area contributed by atoms with Crippen molar-refractivity contribution in [1.29, 1.82) is 0 Å². The van der Waals surface area contributed by atoms with Crippen molar-refractivity contribution in [3.8, 4) is 11.4 Å². The number of methoxy groups -OCH3 is 1. The van der Waals surface area contributed by atoms with E-state index in [4.69, 9.17) is 4.74 Å². The number of carbonyl (C=O) groups is 1. The van der Waals surface area contributed by atoms with Crippen LogP contribution in [0, 0.1) is 0 Å². The number of imidazole rings is 1. The van der Waals surface area contributed by atoms with Gasteiger partial charge in [-0.3, -0.25) is 4.79 Å². The number of nitrogens with one attached hydrogen (secondary N) is 1. The molecule has 0 saturated carbocycles. The molecule has 116 valence electrons. The smallest absolute Gasteiger partial charge is 0.233 e. The first-order chi connectivity index (χ1) is 10.8. The predicted octanol–water partition coefficient (Wildman–Crippen LogP) is 2.69. The Hall–Kier alpha value is -1.79. The SMILES string of the molecule is COCCCN1C(=O)CSC1c1cnc(-c2ccccc2)[nH]1. The average Bonchev–Trinajstić information content (AvgIpc) is 3.16. The van der Waals surface area contributed by atoms with Gasteiger partial charge in [-0.25, -0.2) is 4.98 Å². The molecule has 22 heavy (non-hydrogen) atoms. The first-order valence-corrected chi connectivity index (χ1v) is 8.35. The van der Waals surface area contributed by atoms with Gasteiger partial charge in [0.05, 0.1) is 17.6 Å². The van der Waals surface area contributed by atoms with Gasteiger partial charge in [-0.2, -0.15) is 0 Å². The number of H-pyrrole nitrogens is 1. The summed E-state index contributed by atoms with van der Waals surface area (Å²) in [5.74, 6) is 1.55. The van der Waals surface area contributed by atoms with E-state index in [2.05, 4.69) is 9.97 Å².